The number of benzene rings is 2. The largest absolute Gasteiger partial charge is 0.461 e. The van der Waals surface area contributed by atoms with Crippen molar-refractivity contribution in [3.8, 4) is 0 Å². The number of carbonyl (C=O) groups is 2. The van der Waals surface area contributed by atoms with Gasteiger partial charge < -0.3 is 4.74 Å². The van der Waals surface area contributed by atoms with E-state index in [0.717, 1.165) is 28.0 Å². The maximum Gasteiger partial charge on any atom is 0.321 e. The minimum absolute atomic E-state index is 0.0240. The van der Waals surface area contributed by atoms with Gasteiger partial charge in [0.1, 0.15) is 12.0 Å². The third kappa shape index (κ3) is 4.33. The van der Waals surface area contributed by atoms with E-state index in [9.17, 15) is 9.59 Å². The van der Waals surface area contributed by atoms with Gasteiger partial charge in [-0.25, -0.2) is 0 Å². The fraction of sp³-hybridized carbons (Fsp3) is 0.417. The highest BCUT2D eigenvalue weighted by molar-refractivity contribution is 7.99. The number of ether oxygens (including phenoxy) is 1. The van der Waals surface area contributed by atoms with Crippen LogP contribution in [0.3, 0.4) is 0 Å². The molecule has 0 aromatic heterocycles. The van der Waals surface area contributed by atoms with Crippen LogP contribution >= 0.6 is 11.8 Å². The van der Waals surface area contributed by atoms with Crippen molar-refractivity contribution in [1.82, 2.24) is 0 Å². The van der Waals surface area contributed by atoms with Crippen LogP contribution in [0.1, 0.15) is 47.1 Å². The van der Waals surface area contributed by atoms with Gasteiger partial charge in [-0.2, -0.15) is 0 Å². The average molecular weight is 397 g/mol. The lowest BCUT2D eigenvalue weighted by Gasteiger charge is -2.32. The number of cyclic esters (lactones) is 1. The highest BCUT2D eigenvalue weighted by Crippen LogP contribution is 2.35. The maximum absolute atomic E-state index is 12.9. The highest BCUT2D eigenvalue weighted by atomic mass is 32.2. The van der Waals surface area contributed by atoms with Crippen LogP contribution in [0.2, 0.25) is 0 Å². The lowest BCUT2D eigenvalue weighted by atomic mass is 9.82. The number of hydrogen-bond acceptors (Lipinski definition) is 4. The van der Waals surface area contributed by atoms with Crippen LogP contribution in [0.5, 0.6) is 0 Å². The number of ketones is 1. The summed E-state index contributed by atoms with van der Waals surface area (Å²) in [6, 6.07) is 12.3. The molecular formula is C24H28O3S. The summed E-state index contributed by atoms with van der Waals surface area (Å²) in [7, 11) is 0. The van der Waals surface area contributed by atoms with Crippen molar-refractivity contribution in [2.24, 2.45) is 5.92 Å². The van der Waals surface area contributed by atoms with Gasteiger partial charge in [0, 0.05) is 23.0 Å². The predicted octanol–water partition coefficient (Wildman–Crippen LogP) is 5.32. The molecule has 1 aliphatic rings. The summed E-state index contributed by atoms with van der Waals surface area (Å²) in [6.45, 7) is 10.1. The van der Waals surface area contributed by atoms with E-state index in [2.05, 4.69) is 26.0 Å². The molecule has 0 bridgehead atoms. The van der Waals surface area contributed by atoms with E-state index < -0.39 is 11.9 Å². The average Bonchev–Trinajstić information content (AvgIpc) is 2.62. The van der Waals surface area contributed by atoms with Crippen molar-refractivity contribution in [2.75, 3.05) is 5.75 Å². The Morgan fingerprint density at radius 2 is 1.68 bits per heavy atom. The van der Waals surface area contributed by atoms with Crippen LogP contribution < -0.4 is 0 Å². The van der Waals surface area contributed by atoms with E-state index in [4.69, 9.17) is 4.74 Å². The first-order chi connectivity index (χ1) is 13.3. The van der Waals surface area contributed by atoms with Gasteiger partial charge >= 0.3 is 5.97 Å². The molecule has 3 nitrogen and oxygen atoms in total. The molecule has 0 amide bonds. The molecule has 0 N–H and O–H groups in total. The number of aryl methyl sites for hydroxylation is 4. The Morgan fingerprint density at radius 3 is 2.29 bits per heavy atom. The lowest BCUT2D eigenvalue weighted by molar-refractivity contribution is -0.162. The minimum atomic E-state index is -0.784. The van der Waals surface area contributed by atoms with Gasteiger partial charge in [0.05, 0.1) is 0 Å². The molecule has 4 heteroatoms. The Balaban J connectivity index is 1.70. The zero-order valence-corrected chi connectivity index (χ0v) is 18.1. The first-order valence-corrected chi connectivity index (χ1v) is 10.8. The molecule has 2 aromatic carbocycles. The molecule has 148 valence electrons. The smallest absolute Gasteiger partial charge is 0.321 e. The quantitative estimate of drug-likeness (QED) is 0.390. The number of carbonyl (C=O) groups excluding carboxylic acids is 2. The van der Waals surface area contributed by atoms with Crippen molar-refractivity contribution in [3.63, 3.8) is 0 Å². The lowest BCUT2D eigenvalue weighted by Crippen LogP contribution is -2.41. The predicted molar refractivity (Wildman–Crippen MR) is 114 cm³/mol. The molecule has 0 saturated carbocycles. The fourth-order valence-electron chi connectivity index (χ4n) is 4.00. The molecule has 28 heavy (non-hydrogen) atoms. The second kappa shape index (κ2) is 8.52. The van der Waals surface area contributed by atoms with Crippen LogP contribution in [0.25, 0.3) is 0 Å². The number of Topliss-reactive ketones (excluding diaryl/α,β-unsaturated/α-hetero) is 1. The third-order valence-corrected chi connectivity index (χ3v) is 6.95. The van der Waals surface area contributed by atoms with Gasteiger partial charge in [-0.15, -0.1) is 11.8 Å². The highest BCUT2D eigenvalue weighted by Gasteiger charge is 2.41. The Hall–Kier alpha value is -2.07. The molecule has 1 fully saturated rings. The van der Waals surface area contributed by atoms with Gasteiger partial charge in [-0.3, -0.25) is 9.59 Å². The topological polar surface area (TPSA) is 43.4 Å². The van der Waals surface area contributed by atoms with Gasteiger partial charge in [-0.1, -0.05) is 42.8 Å². The Kier molecular flexibility index (Phi) is 6.29. The van der Waals surface area contributed by atoms with E-state index in [1.54, 1.807) is 11.8 Å². The number of thioether (sulfide) groups is 1. The second-order valence-electron chi connectivity index (χ2n) is 7.94. The van der Waals surface area contributed by atoms with Crippen molar-refractivity contribution in [2.45, 2.75) is 58.0 Å². The Bertz CT molecular complexity index is 861. The van der Waals surface area contributed by atoms with Gasteiger partial charge in [0.2, 0.25) is 0 Å². The van der Waals surface area contributed by atoms with E-state index in [1.807, 2.05) is 45.0 Å². The monoisotopic (exact) mass is 396 g/mol. The molecular weight excluding hydrogens is 368 g/mol. The molecule has 3 rings (SSSR count). The summed E-state index contributed by atoms with van der Waals surface area (Å²) in [5, 5.41) is 0. The summed E-state index contributed by atoms with van der Waals surface area (Å²) in [4.78, 5) is 26.9. The standard InChI is InChI=1S/C24H28O3S/c1-14-10-16(3)22(17(4)11-14)23-19(25)12-20(27-24(23)26)18(5)13-28-21-9-7-6-8-15(21)2/h6-11,18,20,23H,12-13H2,1-5H3. The first kappa shape index (κ1) is 20.7. The summed E-state index contributed by atoms with van der Waals surface area (Å²) >= 11 is 1.75. The van der Waals surface area contributed by atoms with E-state index >= 15 is 0 Å². The van der Waals surface area contributed by atoms with Crippen molar-refractivity contribution in [1.29, 1.82) is 0 Å². The zero-order valence-electron chi connectivity index (χ0n) is 17.2. The van der Waals surface area contributed by atoms with Gasteiger partial charge in [0.15, 0.2) is 5.78 Å². The van der Waals surface area contributed by atoms with E-state index in [1.165, 1.54) is 10.5 Å². The Morgan fingerprint density at radius 1 is 1.04 bits per heavy atom. The van der Waals surface area contributed by atoms with Crippen LogP contribution in [-0.4, -0.2) is 23.6 Å². The maximum atomic E-state index is 12.9. The normalized spacial score (nSPS) is 20.8. The SMILES string of the molecule is Cc1cc(C)c(C2C(=O)CC(C(C)CSc3ccccc3C)OC2=O)c(C)c1. The molecule has 0 radical (unpaired) electrons. The summed E-state index contributed by atoms with van der Waals surface area (Å²) in [5.74, 6) is -0.289. The van der Waals surface area contributed by atoms with Gasteiger partial charge in [0.25, 0.3) is 0 Å². The summed E-state index contributed by atoms with van der Waals surface area (Å²) < 4.78 is 5.77. The third-order valence-electron chi connectivity index (χ3n) is 5.48. The fourth-order valence-corrected chi connectivity index (χ4v) is 5.12. The van der Waals surface area contributed by atoms with Crippen molar-refractivity contribution < 1.29 is 14.3 Å². The van der Waals surface area contributed by atoms with Crippen LogP contribution in [0.4, 0.5) is 0 Å². The molecule has 3 unspecified atom stereocenters. The molecule has 3 atom stereocenters. The summed E-state index contributed by atoms with van der Waals surface area (Å²) in [6.07, 6.45) is -0.0580. The summed E-state index contributed by atoms with van der Waals surface area (Å²) in [5.41, 5.74) is 5.15. The second-order valence-corrected chi connectivity index (χ2v) is 9.01. The van der Waals surface area contributed by atoms with E-state index in [0.29, 0.717) is 6.42 Å². The van der Waals surface area contributed by atoms with Crippen LogP contribution in [0, 0.1) is 33.6 Å². The van der Waals surface area contributed by atoms with Crippen LogP contribution in [0.15, 0.2) is 41.3 Å². The zero-order chi connectivity index (χ0) is 20.4. The molecule has 0 aliphatic carbocycles. The number of rotatable bonds is 5. The van der Waals surface area contributed by atoms with Crippen LogP contribution in [-0.2, 0) is 14.3 Å². The van der Waals surface area contributed by atoms with Gasteiger partial charge in [-0.05, 0) is 56.0 Å². The molecule has 1 aliphatic heterocycles. The first-order valence-electron chi connectivity index (χ1n) is 9.77. The number of hydrogen-bond donors (Lipinski definition) is 0. The Labute approximate surface area is 171 Å². The number of esters is 1. The van der Waals surface area contributed by atoms with Crippen molar-refractivity contribution >= 4 is 23.5 Å². The molecule has 0 spiro atoms. The minimum Gasteiger partial charge on any atom is -0.461 e. The van der Waals surface area contributed by atoms with E-state index in [-0.39, 0.29) is 17.8 Å². The molecule has 2 aromatic rings. The molecule has 1 heterocycles. The van der Waals surface area contributed by atoms with Crippen molar-refractivity contribution in [3.05, 3.63) is 64.2 Å². The molecule has 1 saturated heterocycles.